The largest absolute Gasteiger partial charge is 0.491 e. The van der Waals surface area contributed by atoms with Crippen LogP contribution >= 0.6 is 0 Å². The number of benzene rings is 1. The standard InChI is InChI=1S/C16H22F2O5/c1-3-8-20-11-23-15(16(19)21-4-2)13-6-5-12(10-14(13)18)22-9-7-17/h5-6,10,15H,3-4,7-9,11H2,1-2H3. The van der Waals surface area contributed by atoms with E-state index in [0.29, 0.717) is 6.61 Å². The van der Waals surface area contributed by atoms with E-state index < -0.39 is 24.6 Å². The first-order valence-corrected chi connectivity index (χ1v) is 7.48. The van der Waals surface area contributed by atoms with Crippen LogP contribution in [0.3, 0.4) is 0 Å². The molecule has 0 aliphatic heterocycles. The maximum atomic E-state index is 14.2. The van der Waals surface area contributed by atoms with Gasteiger partial charge in [0.2, 0.25) is 0 Å². The van der Waals surface area contributed by atoms with Gasteiger partial charge >= 0.3 is 5.97 Å². The van der Waals surface area contributed by atoms with Gasteiger partial charge in [0.25, 0.3) is 0 Å². The molecule has 23 heavy (non-hydrogen) atoms. The lowest BCUT2D eigenvalue weighted by molar-refractivity contribution is -0.168. The fraction of sp³-hybridized carbons (Fsp3) is 0.562. The van der Waals surface area contributed by atoms with Crippen LogP contribution < -0.4 is 4.74 Å². The Morgan fingerprint density at radius 2 is 2.04 bits per heavy atom. The number of hydrogen-bond donors (Lipinski definition) is 0. The van der Waals surface area contributed by atoms with E-state index in [4.69, 9.17) is 18.9 Å². The van der Waals surface area contributed by atoms with Crippen molar-refractivity contribution in [3.63, 3.8) is 0 Å². The number of halogens is 2. The summed E-state index contributed by atoms with van der Waals surface area (Å²) in [7, 11) is 0. The summed E-state index contributed by atoms with van der Waals surface area (Å²) in [6, 6.07) is 3.87. The molecule has 1 rings (SSSR count). The van der Waals surface area contributed by atoms with Crippen molar-refractivity contribution in [3.05, 3.63) is 29.6 Å². The summed E-state index contributed by atoms with van der Waals surface area (Å²) in [5.74, 6) is -1.23. The molecule has 1 atom stereocenters. The molecule has 5 nitrogen and oxygen atoms in total. The Kier molecular flexibility index (Phi) is 9.16. The highest BCUT2D eigenvalue weighted by Crippen LogP contribution is 2.26. The van der Waals surface area contributed by atoms with Gasteiger partial charge in [-0.25, -0.2) is 13.6 Å². The quantitative estimate of drug-likeness (QED) is 0.354. The monoisotopic (exact) mass is 332 g/mol. The van der Waals surface area contributed by atoms with Crippen LogP contribution in [0.1, 0.15) is 31.9 Å². The zero-order chi connectivity index (χ0) is 17.1. The topological polar surface area (TPSA) is 54.0 Å². The molecule has 0 bridgehead atoms. The van der Waals surface area contributed by atoms with E-state index in [-0.39, 0.29) is 31.3 Å². The Morgan fingerprint density at radius 1 is 1.26 bits per heavy atom. The van der Waals surface area contributed by atoms with Gasteiger partial charge in [-0.05, 0) is 25.5 Å². The van der Waals surface area contributed by atoms with Crippen LogP contribution in [0.2, 0.25) is 0 Å². The molecule has 130 valence electrons. The van der Waals surface area contributed by atoms with E-state index in [1.807, 2.05) is 6.92 Å². The van der Waals surface area contributed by atoms with Gasteiger partial charge in [-0.1, -0.05) is 6.92 Å². The minimum atomic E-state index is -1.23. The fourth-order valence-corrected chi connectivity index (χ4v) is 1.79. The second-order valence-corrected chi connectivity index (χ2v) is 4.55. The maximum absolute atomic E-state index is 14.2. The lowest BCUT2D eigenvalue weighted by Gasteiger charge is -2.18. The van der Waals surface area contributed by atoms with Crippen molar-refractivity contribution < 1.29 is 32.5 Å². The number of alkyl halides is 1. The molecule has 0 saturated carbocycles. The van der Waals surface area contributed by atoms with Gasteiger partial charge in [0.1, 0.15) is 31.6 Å². The Morgan fingerprint density at radius 3 is 2.65 bits per heavy atom. The van der Waals surface area contributed by atoms with Crippen LogP contribution in [0, 0.1) is 5.82 Å². The summed E-state index contributed by atoms with van der Waals surface area (Å²) in [6.45, 7) is 3.19. The van der Waals surface area contributed by atoms with Crippen LogP contribution in [0.25, 0.3) is 0 Å². The molecule has 0 aliphatic carbocycles. The molecule has 1 unspecified atom stereocenters. The predicted octanol–water partition coefficient (Wildman–Crippen LogP) is 3.18. The van der Waals surface area contributed by atoms with Crippen molar-refractivity contribution >= 4 is 5.97 Å². The van der Waals surface area contributed by atoms with Crippen molar-refractivity contribution in [1.82, 2.24) is 0 Å². The first kappa shape index (κ1) is 19.3. The molecule has 1 aromatic carbocycles. The molecule has 7 heteroatoms. The fourth-order valence-electron chi connectivity index (χ4n) is 1.79. The van der Waals surface area contributed by atoms with E-state index in [1.165, 1.54) is 12.1 Å². The number of rotatable bonds is 11. The number of carbonyl (C=O) groups excluding carboxylic acids is 1. The summed E-state index contributed by atoms with van der Waals surface area (Å²) < 4.78 is 46.6. The van der Waals surface area contributed by atoms with Gasteiger partial charge in [-0.15, -0.1) is 0 Å². The maximum Gasteiger partial charge on any atom is 0.340 e. The SMILES string of the molecule is CCCOCOC(C(=O)OCC)c1ccc(OCCF)cc1F. The molecule has 0 amide bonds. The minimum Gasteiger partial charge on any atom is -0.491 e. The van der Waals surface area contributed by atoms with Gasteiger partial charge in [0.15, 0.2) is 6.10 Å². The second kappa shape index (κ2) is 10.9. The van der Waals surface area contributed by atoms with Crippen molar-refractivity contribution in [1.29, 1.82) is 0 Å². The molecule has 0 aromatic heterocycles. The Bertz CT molecular complexity index is 482. The van der Waals surface area contributed by atoms with E-state index in [0.717, 1.165) is 12.5 Å². The van der Waals surface area contributed by atoms with Gasteiger partial charge < -0.3 is 18.9 Å². The molecule has 1 aromatic rings. The summed E-state index contributed by atoms with van der Waals surface area (Å²) in [5, 5.41) is 0. The van der Waals surface area contributed by atoms with Crippen molar-refractivity contribution in [2.24, 2.45) is 0 Å². The number of carbonyl (C=O) groups is 1. The number of ether oxygens (including phenoxy) is 4. The summed E-state index contributed by atoms with van der Waals surface area (Å²) in [6.07, 6.45) is -0.440. The molecule has 0 N–H and O–H groups in total. The van der Waals surface area contributed by atoms with E-state index in [1.54, 1.807) is 6.92 Å². The van der Waals surface area contributed by atoms with Gasteiger partial charge in [0, 0.05) is 18.2 Å². The van der Waals surface area contributed by atoms with Gasteiger partial charge in [-0.2, -0.15) is 0 Å². The third-order valence-corrected chi connectivity index (χ3v) is 2.77. The lowest BCUT2D eigenvalue weighted by atomic mass is 10.1. The molecule has 0 heterocycles. The molecule has 0 aliphatic rings. The minimum absolute atomic E-state index is 0.0103. The number of hydrogen-bond acceptors (Lipinski definition) is 5. The third-order valence-electron chi connectivity index (χ3n) is 2.77. The van der Waals surface area contributed by atoms with Crippen molar-refractivity contribution in [3.8, 4) is 5.75 Å². The zero-order valence-electron chi connectivity index (χ0n) is 13.3. The molecular formula is C16H22F2O5. The average molecular weight is 332 g/mol. The summed E-state index contributed by atoms with van der Waals surface area (Å²) >= 11 is 0. The highest BCUT2D eigenvalue weighted by atomic mass is 19.1. The van der Waals surface area contributed by atoms with Crippen molar-refractivity contribution in [2.45, 2.75) is 26.4 Å². The molecule has 0 radical (unpaired) electrons. The normalized spacial score (nSPS) is 12.0. The summed E-state index contributed by atoms with van der Waals surface area (Å²) in [5.41, 5.74) is 0.0103. The predicted molar refractivity (Wildman–Crippen MR) is 79.4 cm³/mol. The smallest absolute Gasteiger partial charge is 0.340 e. The molecule has 0 saturated heterocycles. The van der Waals surface area contributed by atoms with Crippen LogP contribution in [0.15, 0.2) is 18.2 Å². The summed E-state index contributed by atoms with van der Waals surface area (Å²) in [4.78, 5) is 12.0. The Labute approximate surface area is 134 Å². The van der Waals surface area contributed by atoms with E-state index in [9.17, 15) is 13.6 Å². The van der Waals surface area contributed by atoms with Gasteiger partial charge in [0.05, 0.1) is 6.61 Å². The van der Waals surface area contributed by atoms with Crippen LogP contribution in [0.4, 0.5) is 8.78 Å². The molecular weight excluding hydrogens is 310 g/mol. The highest BCUT2D eigenvalue weighted by molar-refractivity contribution is 5.76. The zero-order valence-corrected chi connectivity index (χ0v) is 13.3. The first-order chi connectivity index (χ1) is 11.1. The second-order valence-electron chi connectivity index (χ2n) is 4.55. The van der Waals surface area contributed by atoms with Crippen LogP contribution in [-0.4, -0.2) is 39.3 Å². The van der Waals surface area contributed by atoms with Gasteiger partial charge in [-0.3, -0.25) is 0 Å². The number of esters is 1. The molecule has 0 spiro atoms. The third kappa shape index (κ3) is 6.50. The van der Waals surface area contributed by atoms with Crippen LogP contribution in [-0.2, 0) is 19.0 Å². The van der Waals surface area contributed by atoms with Crippen LogP contribution in [0.5, 0.6) is 5.75 Å². The van der Waals surface area contributed by atoms with E-state index >= 15 is 0 Å². The first-order valence-electron chi connectivity index (χ1n) is 7.48. The lowest BCUT2D eigenvalue weighted by Crippen LogP contribution is -2.21. The Balaban J connectivity index is 2.85. The molecule has 0 fully saturated rings. The average Bonchev–Trinajstić information content (AvgIpc) is 2.54. The Hall–Kier alpha value is -1.73. The van der Waals surface area contributed by atoms with E-state index in [2.05, 4.69) is 0 Å². The van der Waals surface area contributed by atoms with Crippen molar-refractivity contribution in [2.75, 3.05) is 33.3 Å². The highest BCUT2D eigenvalue weighted by Gasteiger charge is 2.26.